The van der Waals surface area contributed by atoms with Crippen LogP contribution >= 0.6 is 11.6 Å². The molecule has 2 aliphatic rings. The van der Waals surface area contributed by atoms with E-state index in [0.29, 0.717) is 18.8 Å². The number of aliphatic hydroxyl groups excluding tert-OH is 1. The SMILES string of the molecule is O=C(c1ccc(Cl)o1)N1CCN([C@@H]2CCC[C@@H]2O)CC1. The van der Waals surface area contributed by atoms with Crippen molar-refractivity contribution in [3.8, 4) is 0 Å². The predicted octanol–water partition coefficient (Wildman–Crippen LogP) is 1.60. The van der Waals surface area contributed by atoms with E-state index in [1.165, 1.54) is 0 Å². The highest BCUT2D eigenvalue weighted by atomic mass is 35.5. The third kappa shape index (κ3) is 2.71. The van der Waals surface area contributed by atoms with Crippen molar-refractivity contribution in [3.05, 3.63) is 23.1 Å². The van der Waals surface area contributed by atoms with Crippen LogP contribution in [0.1, 0.15) is 29.8 Å². The Morgan fingerprint density at radius 2 is 2.00 bits per heavy atom. The average Bonchev–Trinajstić information content (AvgIpc) is 3.07. The van der Waals surface area contributed by atoms with Crippen LogP contribution in [0.3, 0.4) is 0 Å². The van der Waals surface area contributed by atoms with E-state index in [2.05, 4.69) is 4.90 Å². The summed E-state index contributed by atoms with van der Waals surface area (Å²) in [6.07, 6.45) is 2.84. The zero-order chi connectivity index (χ0) is 14.1. The van der Waals surface area contributed by atoms with Crippen molar-refractivity contribution in [1.82, 2.24) is 9.80 Å². The van der Waals surface area contributed by atoms with E-state index in [1.54, 1.807) is 17.0 Å². The van der Waals surface area contributed by atoms with Gasteiger partial charge in [-0.1, -0.05) is 0 Å². The Kier molecular flexibility index (Phi) is 4.01. The Morgan fingerprint density at radius 1 is 1.25 bits per heavy atom. The number of furan rings is 1. The van der Waals surface area contributed by atoms with Gasteiger partial charge in [0.1, 0.15) is 0 Å². The van der Waals surface area contributed by atoms with Crippen LogP contribution in [0.15, 0.2) is 16.5 Å². The summed E-state index contributed by atoms with van der Waals surface area (Å²) in [5, 5.41) is 10.2. The van der Waals surface area contributed by atoms with E-state index in [0.717, 1.165) is 32.4 Å². The summed E-state index contributed by atoms with van der Waals surface area (Å²) in [5.41, 5.74) is 0. The van der Waals surface area contributed by atoms with Gasteiger partial charge in [0.05, 0.1) is 6.10 Å². The molecule has 1 aliphatic heterocycles. The number of hydrogen-bond donors (Lipinski definition) is 1. The Balaban J connectivity index is 1.57. The van der Waals surface area contributed by atoms with E-state index in [1.807, 2.05) is 0 Å². The maximum Gasteiger partial charge on any atom is 0.289 e. The second-order valence-electron chi connectivity index (χ2n) is 5.50. The van der Waals surface area contributed by atoms with Crippen molar-refractivity contribution in [3.63, 3.8) is 0 Å². The van der Waals surface area contributed by atoms with E-state index >= 15 is 0 Å². The zero-order valence-corrected chi connectivity index (χ0v) is 12.1. The van der Waals surface area contributed by atoms with Gasteiger partial charge in [-0.25, -0.2) is 0 Å². The molecule has 0 spiro atoms. The van der Waals surface area contributed by atoms with E-state index in [4.69, 9.17) is 16.0 Å². The summed E-state index contributed by atoms with van der Waals surface area (Å²) in [6, 6.07) is 3.46. The monoisotopic (exact) mass is 298 g/mol. The minimum absolute atomic E-state index is 0.108. The number of nitrogens with zero attached hydrogens (tertiary/aromatic N) is 2. The zero-order valence-electron chi connectivity index (χ0n) is 11.3. The smallest absolute Gasteiger partial charge is 0.289 e. The first-order chi connectivity index (χ1) is 9.65. The number of piperazine rings is 1. The van der Waals surface area contributed by atoms with Crippen molar-refractivity contribution < 1.29 is 14.3 Å². The molecule has 1 aliphatic carbocycles. The van der Waals surface area contributed by atoms with Crippen LogP contribution in [0.25, 0.3) is 0 Å². The lowest BCUT2D eigenvalue weighted by molar-refractivity contribution is 0.0302. The lowest BCUT2D eigenvalue weighted by atomic mass is 10.1. The van der Waals surface area contributed by atoms with Crippen molar-refractivity contribution >= 4 is 17.5 Å². The topological polar surface area (TPSA) is 56.9 Å². The molecule has 1 aromatic heterocycles. The average molecular weight is 299 g/mol. The fraction of sp³-hybridized carbons (Fsp3) is 0.643. The number of rotatable bonds is 2. The largest absolute Gasteiger partial charge is 0.440 e. The van der Waals surface area contributed by atoms with Gasteiger partial charge in [0, 0.05) is 32.2 Å². The molecular weight excluding hydrogens is 280 g/mol. The molecule has 2 fully saturated rings. The fourth-order valence-electron chi connectivity index (χ4n) is 3.19. The lowest BCUT2D eigenvalue weighted by Crippen LogP contribution is -2.53. The molecule has 0 radical (unpaired) electrons. The molecule has 5 nitrogen and oxygen atoms in total. The second kappa shape index (κ2) is 5.76. The molecule has 1 aromatic rings. The van der Waals surface area contributed by atoms with Crippen molar-refractivity contribution in [1.29, 1.82) is 0 Å². The normalized spacial score (nSPS) is 28.0. The van der Waals surface area contributed by atoms with Gasteiger partial charge in [-0.05, 0) is 43.0 Å². The fourth-order valence-corrected chi connectivity index (χ4v) is 3.33. The summed E-state index contributed by atoms with van der Waals surface area (Å²) < 4.78 is 5.16. The molecule has 1 saturated heterocycles. The van der Waals surface area contributed by atoms with Crippen LogP contribution in [-0.4, -0.2) is 59.1 Å². The van der Waals surface area contributed by atoms with Crippen LogP contribution < -0.4 is 0 Å². The Hall–Kier alpha value is -1.04. The minimum atomic E-state index is -0.207. The molecule has 20 heavy (non-hydrogen) atoms. The van der Waals surface area contributed by atoms with Crippen LogP contribution in [0.5, 0.6) is 0 Å². The third-order valence-corrected chi connectivity index (χ3v) is 4.50. The van der Waals surface area contributed by atoms with Gasteiger partial charge in [-0.3, -0.25) is 9.69 Å². The number of halogens is 1. The second-order valence-corrected chi connectivity index (χ2v) is 5.87. The van der Waals surface area contributed by atoms with Crippen molar-refractivity contribution in [2.75, 3.05) is 26.2 Å². The molecule has 0 unspecified atom stereocenters. The maximum absolute atomic E-state index is 12.2. The van der Waals surface area contributed by atoms with Gasteiger partial charge in [0.2, 0.25) is 0 Å². The highest BCUT2D eigenvalue weighted by molar-refractivity contribution is 6.29. The van der Waals surface area contributed by atoms with Crippen LogP contribution in [0.4, 0.5) is 0 Å². The minimum Gasteiger partial charge on any atom is -0.440 e. The third-order valence-electron chi connectivity index (χ3n) is 4.30. The predicted molar refractivity (Wildman–Crippen MR) is 74.8 cm³/mol. The van der Waals surface area contributed by atoms with Gasteiger partial charge in [-0.2, -0.15) is 0 Å². The van der Waals surface area contributed by atoms with E-state index < -0.39 is 0 Å². The number of amides is 1. The van der Waals surface area contributed by atoms with Crippen LogP contribution in [-0.2, 0) is 0 Å². The van der Waals surface area contributed by atoms with Crippen LogP contribution in [0.2, 0.25) is 5.22 Å². The summed E-state index contributed by atoms with van der Waals surface area (Å²) >= 11 is 5.70. The van der Waals surface area contributed by atoms with E-state index in [9.17, 15) is 9.90 Å². The Morgan fingerprint density at radius 3 is 2.55 bits per heavy atom. The number of carbonyl (C=O) groups excluding carboxylic acids is 1. The van der Waals surface area contributed by atoms with Gasteiger partial charge in [-0.15, -0.1) is 0 Å². The van der Waals surface area contributed by atoms with Crippen molar-refractivity contribution in [2.24, 2.45) is 0 Å². The number of hydrogen-bond acceptors (Lipinski definition) is 4. The molecule has 1 amide bonds. The first kappa shape index (κ1) is 13.9. The molecule has 2 atom stereocenters. The molecule has 1 saturated carbocycles. The molecule has 6 heteroatoms. The first-order valence-corrected chi connectivity index (χ1v) is 7.49. The van der Waals surface area contributed by atoms with Gasteiger partial charge in [0.25, 0.3) is 5.91 Å². The molecule has 1 N–H and O–H groups in total. The molecular formula is C14H19ClN2O3. The van der Waals surface area contributed by atoms with Crippen LogP contribution in [0, 0.1) is 0 Å². The standard InChI is InChI=1S/C14H19ClN2O3/c15-13-5-4-12(20-13)14(19)17-8-6-16(7-9-17)10-2-1-3-11(10)18/h4-5,10-11,18H,1-3,6-9H2/t10-,11+/m1/s1. The first-order valence-electron chi connectivity index (χ1n) is 7.12. The number of aliphatic hydroxyl groups is 1. The van der Waals surface area contributed by atoms with Gasteiger partial charge < -0.3 is 14.4 Å². The molecule has 110 valence electrons. The van der Waals surface area contributed by atoms with Gasteiger partial charge in [0.15, 0.2) is 11.0 Å². The maximum atomic E-state index is 12.2. The quantitative estimate of drug-likeness (QED) is 0.901. The van der Waals surface area contributed by atoms with Gasteiger partial charge >= 0.3 is 0 Å². The Labute approximate surface area is 123 Å². The summed E-state index contributed by atoms with van der Waals surface area (Å²) in [6.45, 7) is 2.95. The summed E-state index contributed by atoms with van der Waals surface area (Å²) in [4.78, 5) is 16.3. The van der Waals surface area contributed by atoms with E-state index in [-0.39, 0.29) is 23.3 Å². The highest BCUT2D eigenvalue weighted by Crippen LogP contribution is 2.25. The summed E-state index contributed by atoms with van der Waals surface area (Å²) in [5.74, 6) is 0.188. The number of carbonyl (C=O) groups is 1. The lowest BCUT2D eigenvalue weighted by Gasteiger charge is -2.38. The highest BCUT2D eigenvalue weighted by Gasteiger charge is 2.33. The molecule has 2 heterocycles. The summed E-state index contributed by atoms with van der Waals surface area (Å²) in [7, 11) is 0. The van der Waals surface area contributed by atoms with Crippen molar-refractivity contribution in [2.45, 2.75) is 31.4 Å². The molecule has 0 bridgehead atoms. The molecule has 0 aromatic carbocycles. The molecule has 3 rings (SSSR count). The Bertz CT molecular complexity index is 483.